The van der Waals surface area contributed by atoms with E-state index in [-0.39, 0.29) is 5.56 Å². The molecule has 0 aliphatic rings. The first-order chi connectivity index (χ1) is 7.88. The van der Waals surface area contributed by atoms with E-state index in [0.29, 0.717) is 5.52 Å². The molecule has 0 saturated heterocycles. The fourth-order valence-electron chi connectivity index (χ4n) is 0.870. The molecule has 2 heterocycles. The molecule has 2 rings (SSSR count). The van der Waals surface area contributed by atoms with Crippen molar-refractivity contribution in [2.75, 3.05) is 0 Å². The molecule has 4 nitrogen and oxygen atoms in total. The van der Waals surface area contributed by atoms with Gasteiger partial charge in [0.2, 0.25) is 0 Å². The molecule has 0 aliphatic carbocycles. The Balaban J connectivity index is 0. The Morgan fingerprint density at radius 1 is 1.12 bits per heavy atom. The average molecular weight is 225 g/mol. The number of fused-ring (bicyclic) bond motifs is 1. The van der Waals surface area contributed by atoms with E-state index < -0.39 is 0 Å². The van der Waals surface area contributed by atoms with Crippen LogP contribution in [0.1, 0.15) is 41.5 Å². The smallest absolute Gasteiger partial charge is 0.273 e. The van der Waals surface area contributed by atoms with Crippen LogP contribution in [-0.4, -0.2) is 14.6 Å². The Kier molecular flexibility index (Phi) is 12.1. The standard InChI is InChI=1S/C6H5N3O.3C2H6/c10-6-5-1-2-8-9(5)4-3-7-6;3*1-2/h1-4H,(H,7,10);3*1-2H3. The molecule has 92 valence electrons. The first-order valence-corrected chi connectivity index (χ1v) is 5.89. The Bertz CT molecular complexity index is 404. The first-order valence-electron chi connectivity index (χ1n) is 5.89. The molecule has 0 atom stereocenters. The molecule has 0 unspecified atom stereocenters. The van der Waals surface area contributed by atoms with Crippen LogP contribution in [0.2, 0.25) is 0 Å². The third kappa shape index (κ3) is 4.77. The molecule has 0 bridgehead atoms. The predicted molar refractivity (Wildman–Crippen MR) is 69.9 cm³/mol. The van der Waals surface area contributed by atoms with Crippen molar-refractivity contribution >= 4 is 5.52 Å². The Hall–Kier alpha value is -1.58. The van der Waals surface area contributed by atoms with Crippen LogP contribution in [0.5, 0.6) is 0 Å². The second kappa shape index (κ2) is 11.5. The van der Waals surface area contributed by atoms with Gasteiger partial charge in [0.1, 0.15) is 5.52 Å². The highest BCUT2D eigenvalue weighted by molar-refractivity contribution is 5.41. The quantitative estimate of drug-likeness (QED) is 0.749. The van der Waals surface area contributed by atoms with Gasteiger partial charge in [-0.15, -0.1) is 0 Å². The summed E-state index contributed by atoms with van der Waals surface area (Å²) in [5, 5.41) is 3.88. The molecule has 0 aliphatic heterocycles. The van der Waals surface area contributed by atoms with Gasteiger partial charge >= 0.3 is 0 Å². The minimum absolute atomic E-state index is 0.111. The zero-order chi connectivity index (χ0) is 13.0. The summed E-state index contributed by atoms with van der Waals surface area (Å²) >= 11 is 0. The summed E-state index contributed by atoms with van der Waals surface area (Å²) in [4.78, 5) is 13.5. The Morgan fingerprint density at radius 2 is 1.69 bits per heavy atom. The second-order valence-corrected chi connectivity index (χ2v) is 1.95. The molecule has 2 aromatic rings. The predicted octanol–water partition coefficient (Wildman–Crippen LogP) is 3.10. The highest BCUT2D eigenvalue weighted by Gasteiger charge is 1.93. The Labute approximate surface area is 97.3 Å². The zero-order valence-corrected chi connectivity index (χ0v) is 11.1. The maximum atomic E-state index is 10.9. The fraction of sp³-hybridized carbons (Fsp3) is 0.500. The number of hydrogen-bond donors (Lipinski definition) is 1. The van der Waals surface area contributed by atoms with E-state index in [1.807, 2.05) is 41.5 Å². The molecule has 0 amide bonds. The van der Waals surface area contributed by atoms with E-state index in [1.54, 1.807) is 24.7 Å². The van der Waals surface area contributed by atoms with Gasteiger partial charge in [-0.25, -0.2) is 4.52 Å². The fourth-order valence-corrected chi connectivity index (χ4v) is 0.870. The molecule has 1 N–H and O–H groups in total. The summed E-state index contributed by atoms with van der Waals surface area (Å²) in [6, 6.07) is 1.67. The first kappa shape index (κ1) is 16.8. The SMILES string of the molecule is CC.CC.CC.O=c1[nH]ccn2nccc12. The van der Waals surface area contributed by atoms with Crippen LogP contribution >= 0.6 is 0 Å². The van der Waals surface area contributed by atoms with E-state index >= 15 is 0 Å². The number of rotatable bonds is 0. The van der Waals surface area contributed by atoms with Gasteiger partial charge in [-0.05, 0) is 6.07 Å². The van der Waals surface area contributed by atoms with Crippen molar-refractivity contribution in [3.05, 3.63) is 35.0 Å². The zero-order valence-electron chi connectivity index (χ0n) is 11.1. The van der Waals surface area contributed by atoms with Crippen LogP contribution in [0.25, 0.3) is 5.52 Å². The monoisotopic (exact) mass is 225 g/mol. The highest BCUT2D eigenvalue weighted by Crippen LogP contribution is 1.89. The van der Waals surface area contributed by atoms with Crippen molar-refractivity contribution in [3.63, 3.8) is 0 Å². The number of hydrogen-bond acceptors (Lipinski definition) is 2. The molecule has 0 saturated carbocycles. The average Bonchev–Trinajstić information content (AvgIpc) is 2.87. The maximum absolute atomic E-state index is 10.9. The Morgan fingerprint density at radius 3 is 2.19 bits per heavy atom. The van der Waals surface area contributed by atoms with E-state index in [4.69, 9.17) is 0 Å². The summed E-state index contributed by atoms with van der Waals surface area (Å²) in [6.07, 6.45) is 4.84. The van der Waals surface area contributed by atoms with Crippen LogP contribution in [0, 0.1) is 0 Å². The normalized spacial score (nSPS) is 7.62. The number of nitrogens with zero attached hydrogens (tertiary/aromatic N) is 2. The van der Waals surface area contributed by atoms with Crippen LogP contribution in [0.4, 0.5) is 0 Å². The summed E-state index contributed by atoms with van der Waals surface area (Å²) in [6.45, 7) is 12.0. The number of aromatic amines is 1. The lowest BCUT2D eigenvalue weighted by Crippen LogP contribution is -2.07. The third-order valence-electron chi connectivity index (χ3n) is 1.33. The van der Waals surface area contributed by atoms with Gasteiger partial charge in [-0.1, -0.05) is 41.5 Å². The van der Waals surface area contributed by atoms with Crippen LogP contribution < -0.4 is 5.56 Å². The summed E-state index contributed by atoms with van der Waals surface area (Å²) in [5.41, 5.74) is 0.461. The van der Waals surface area contributed by atoms with Crippen LogP contribution in [-0.2, 0) is 0 Å². The van der Waals surface area contributed by atoms with Crippen molar-refractivity contribution in [1.29, 1.82) is 0 Å². The summed E-state index contributed by atoms with van der Waals surface area (Å²) in [7, 11) is 0. The van der Waals surface area contributed by atoms with Crippen molar-refractivity contribution in [3.8, 4) is 0 Å². The van der Waals surface area contributed by atoms with Crippen molar-refractivity contribution < 1.29 is 0 Å². The lowest BCUT2D eigenvalue weighted by molar-refractivity contribution is 0.936. The topological polar surface area (TPSA) is 50.2 Å². The van der Waals surface area contributed by atoms with E-state index in [9.17, 15) is 4.79 Å². The van der Waals surface area contributed by atoms with Gasteiger partial charge in [0.25, 0.3) is 5.56 Å². The lowest BCUT2D eigenvalue weighted by atomic mass is 10.5. The molecular weight excluding hydrogens is 202 g/mol. The number of aromatic nitrogens is 3. The van der Waals surface area contributed by atoms with E-state index in [0.717, 1.165) is 0 Å². The summed E-state index contributed by atoms with van der Waals surface area (Å²) in [5.74, 6) is 0. The number of nitrogens with one attached hydrogen (secondary N) is 1. The minimum Gasteiger partial charge on any atom is -0.326 e. The maximum Gasteiger partial charge on any atom is 0.273 e. The van der Waals surface area contributed by atoms with Gasteiger partial charge < -0.3 is 4.98 Å². The lowest BCUT2D eigenvalue weighted by Gasteiger charge is -1.86. The molecular formula is C12H23N3O. The van der Waals surface area contributed by atoms with Crippen LogP contribution in [0.15, 0.2) is 29.5 Å². The minimum atomic E-state index is -0.111. The van der Waals surface area contributed by atoms with Gasteiger partial charge in [0.05, 0.1) is 6.20 Å². The molecule has 2 aromatic heterocycles. The van der Waals surface area contributed by atoms with Gasteiger partial charge in [0, 0.05) is 12.4 Å². The van der Waals surface area contributed by atoms with Crippen LogP contribution in [0.3, 0.4) is 0 Å². The molecule has 0 radical (unpaired) electrons. The molecule has 16 heavy (non-hydrogen) atoms. The van der Waals surface area contributed by atoms with Crippen molar-refractivity contribution in [2.45, 2.75) is 41.5 Å². The highest BCUT2D eigenvalue weighted by atomic mass is 16.1. The van der Waals surface area contributed by atoms with E-state index in [1.165, 1.54) is 4.52 Å². The largest absolute Gasteiger partial charge is 0.326 e. The molecule has 0 spiro atoms. The molecule has 4 heteroatoms. The van der Waals surface area contributed by atoms with Gasteiger partial charge in [-0.2, -0.15) is 5.10 Å². The van der Waals surface area contributed by atoms with Crippen molar-refractivity contribution in [2.24, 2.45) is 0 Å². The molecule has 0 aromatic carbocycles. The number of H-pyrrole nitrogens is 1. The van der Waals surface area contributed by atoms with Crippen molar-refractivity contribution in [1.82, 2.24) is 14.6 Å². The van der Waals surface area contributed by atoms with Gasteiger partial charge in [-0.3, -0.25) is 4.79 Å². The molecule has 0 fully saturated rings. The second-order valence-electron chi connectivity index (χ2n) is 1.95. The summed E-state index contributed by atoms with van der Waals surface area (Å²) < 4.78 is 1.53. The van der Waals surface area contributed by atoms with Gasteiger partial charge in [0.15, 0.2) is 0 Å². The third-order valence-corrected chi connectivity index (χ3v) is 1.33. The van der Waals surface area contributed by atoms with E-state index in [2.05, 4.69) is 10.1 Å².